The second kappa shape index (κ2) is 4.49. The van der Waals surface area contributed by atoms with E-state index >= 15 is 0 Å². The van der Waals surface area contributed by atoms with Gasteiger partial charge in [0.05, 0.1) is 25.7 Å². The van der Waals surface area contributed by atoms with Crippen LogP contribution in [0.1, 0.15) is 0 Å². The Labute approximate surface area is 116 Å². The number of nitro benzene ring substituents is 2. The Morgan fingerprint density at radius 1 is 1.00 bits per heavy atom. The van der Waals surface area contributed by atoms with Crippen LogP contribution in [-0.2, 0) is 0 Å². The molecular formula is C12H6N2O5S. The summed E-state index contributed by atoms with van der Waals surface area (Å²) in [5, 5.41) is 21.7. The second-order valence-corrected chi connectivity index (χ2v) is 5.04. The molecular weight excluding hydrogens is 284 g/mol. The van der Waals surface area contributed by atoms with Crippen molar-refractivity contribution in [2.24, 2.45) is 0 Å². The molecule has 8 heteroatoms. The molecule has 3 rings (SSSR count). The number of rotatable bonds is 2. The van der Waals surface area contributed by atoms with Crippen LogP contribution in [0.2, 0.25) is 0 Å². The topological polar surface area (TPSA) is 95.5 Å². The Morgan fingerprint density at radius 2 is 1.80 bits per heavy atom. The molecule has 0 bridgehead atoms. The smallest absolute Gasteiger partial charge is 0.312 e. The molecule has 0 saturated heterocycles. The van der Waals surface area contributed by atoms with Gasteiger partial charge in [0.1, 0.15) is 5.75 Å². The van der Waals surface area contributed by atoms with E-state index in [9.17, 15) is 20.2 Å². The lowest BCUT2D eigenvalue weighted by Gasteiger charge is -2.18. The van der Waals surface area contributed by atoms with Gasteiger partial charge in [-0.25, -0.2) is 0 Å². The molecule has 0 unspecified atom stereocenters. The van der Waals surface area contributed by atoms with Gasteiger partial charge in [0.15, 0.2) is 0 Å². The van der Waals surface area contributed by atoms with E-state index in [1.807, 2.05) is 0 Å². The van der Waals surface area contributed by atoms with Crippen molar-refractivity contribution in [1.82, 2.24) is 0 Å². The van der Waals surface area contributed by atoms with Crippen molar-refractivity contribution in [1.29, 1.82) is 0 Å². The summed E-state index contributed by atoms with van der Waals surface area (Å²) in [6.07, 6.45) is 0. The van der Waals surface area contributed by atoms with Crippen molar-refractivity contribution >= 4 is 23.1 Å². The molecule has 2 aromatic carbocycles. The zero-order chi connectivity index (χ0) is 14.3. The van der Waals surface area contributed by atoms with Crippen LogP contribution >= 0.6 is 11.8 Å². The normalized spacial score (nSPS) is 12.0. The lowest BCUT2D eigenvalue weighted by molar-refractivity contribution is -0.386. The van der Waals surface area contributed by atoms with Gasteiger partial charge >= 0.3 is 5.69 Å². The number of non-ortho nitro benzene ring substituents is 1. The number of hydrogen-bond acceptors (Lipinski definition) is 6. The van der Waals surface area contributed by atoms with Crippen molar-refractivity contribution in [3.63, 3.8) is 0 Å². The lowest BCUT2D eigenvalue weighted by Crippen LogP contribution is -2.00. The maximum absolute atomic E-state index is 11.0. The molecule has 0 radical (unpaired) electrons. The fraction of sp³-hybridized carbons (Fsp3) is 0. The number of nitrogens with zero attached hydrogens (tertiary/aromatic N) is 2. The highest BCUT2D eigenvalue weighted by Crippen LogP contribution is 2.51. The van der Waals surface area contributed by atoms with Gasteiger partial charge in [0.2, 0.25) is 5.75 Å². The summed E-state index contributed by atoms with van der Waals surface area (Å²) in [5.74, 6) is 0.376. The highest BCUT2D eigenvalue weighted by molar-refractivity contribution is 7.99. The van der Waals surface area contributed by atoms with Crippen LogP contribution in [0.4, 0.5) is 11.4 Å². The van der Waals surface area contributed by atoms with Gasteiger partial charge < -0.3 is 4.74 Å². The van der Waals surface area contributed by atoms with Gasteiger partial charge in [0, 0.05) is 12.1 Å². The number of fused-ring (bicyclic) bond motifs is 2. The zero-order valence-corrected chi connectivity index (χ0v) is 10.6. The summed E-state index contributed by atoms with van der Waals surface area (Å²) < 4.78 is 5.49. The van der Waals surface area contributed by atoms with Crippen molar-refractivity contribution in [2.75, 3.05) is 0 Å². The highest BCUT2D eigenvalue weighted by atomic mass is 32.2. The molecule has 7 nitrogen and oxygen atoms in total. The minimum Gasteiger partial charge on any atom is -0.447 e. The maximum atomic E-state index is 11.0. The quantitative estimate of drug-likeness (QED) is 0.526. The summed E-state index contributed by atoms with van der Waals surface area (Å²) in [4.78, 5) is 21.9. The standard InChI is InChI=1S/C12H6N2O5S/c15-13(16)7-4-5-10-9(6-7)19-12-8(14(17)18)2-1-3-11(12)20-10/h1-6H. The van der Waals surface area contributed by atoms with Gasteiger partial charge in [-0.05, 0) is 12.1 Å². The molecule has 0 aliphatic carbocycles. The van der Waals surface area contributed by atoms with Crippen LogP contribution in [0, 0.1) is 20.2 Å². The van der Waals surface area contributed by atoms with E-state index in [2.05, 4.69) is 0 Å². The molecule has 0 N–H and O–H groups in total. The molecule has 100 valence electrons. The fourth-order valence-corrected chi connectivity index (χ4v) is 2.79. The Hall–Kier alpha value is -2.61. The summed E-state index contributed by atoms with van der Waals surface area (Å²) in [6.45, 7) is 0. The van der Waals surface area contributed by atoms with Crippen LogP contribution in [0.5, 0.6) is 11.5 Å². The molecule has 0 amide bonds. The molecule has 1 aliphatic rings. The van der Waals surface area contributed by atoms with E-state index in [-0.39, 0.29) is 22.9 Å². The number of hydrogen-bond donors (Lipinski definition) is 0. The summed E-state index contributed by atoms with van der Waals surface area (Å²) in [6, 6.07) is 8.82. The van der Waals surface area contributed by atoms with E-state index < -0.39 is 9.85 Å². The highest BCUT2D eigenvalue weighted by Gasteiger charge is 2.27. The monoisotopic (exact) mass is 290 g/mol. The van der Waals surface area contributed by atoms with Crippen molar-refractivity contribution in [3.05, 3.63) is 56.6 Å². The van der Waals surface area contributed by atoms with E-state index in [1.165, 1.54) is 30.0 Å². The largest absolute Gasteiger partial charge is 0.447 e. The van der Waals surface area contributed by atoms with E-state index in [0.717, 1.165) is 0 Å². The van der Waals surface area contributed by atoms with Gasteiger partial charge in [-0.2, -0.15) is 0 Å². The molecule has 0 spiro atoms. The van der Waals surface area contributed by atoms with E-state index in [1.54, 1.807) is 18.2 Å². The number of nitro groups is 2. The first-order valence-corrected chi connectivity index (χ1v) is 6.29. The lowest BCUT2D eigenvalue weighted by atomic mass is 10.2. The van der Waals surface area contributed by atoms with Crippen LogP contribution in [-0.4, -0.2) is 9.85 Å². The van der Waals surface area contributed by atoms with Crippen molar-refractivity contribution in [2.45, 2.75) is 9.79 Å². The van der Waals surface area contributed by atoms with Crippen LogP contribution < -0.4 is 4.74 Å². The Kier molecular flexibility index (Phi) is 2.79. The first-order valence-electron chi connectivity index (χ1n) is 5.48. The molecule has 0 aromatic heterocycles. The van der Waals surface area contributed by atoms with Gasteiger partial charge in [0.25, 0.3) is 5.69 Å². The number of ether oxygens (including phenoxy) is 1. The number of para-hydroxylation sites is 1. The minimum atomic E-state index is -0.540. The predicted octanol–water partition coefficient (Wildman–Crippen LogP) is 3.76. The van der Waals surface area contributed by atoms with Gasteiger partial charge in [-0.15, -0.1) is 0 Å². The molecule has 20 heavy (non-hydrogen) atoms. The van der Waals surface area contributed by atoms with E-state index in [4.69, 9.17) is 4.74 Å². The van der Waals surface area contributed by atoms with Crippen molar-refractivity contribution in [3.8, 4) is 11.5 Å². The first kappa shape index (κ1) is 12.4. The molecule has 2 aromatic rings. The fourth-order valence-electron chi connectivity index (χ4n) is 1.83. The SMILES string of the molecule is O=[N+]([O-])c1ccc2c(c1)Oc1c(cccc1[N+](=O)[O-])S2. The average molecular weight is 290 g/mol. The second-order valence-electron chi connectivity index (χ2n) is 3.95. The predicted molar refractivity (Wildman–Crippen MR) is 70.4 cm³/mol. The van der Waals surface area contributed by atoms with Crippen LogP contribution in [0.3, 0.4) is 0 Å². The van der Waals surface area contributed by atoms with Crippen molar-refractivity contribution < 1.29 is 14.6 Å². The van der Waals surface area contributed by atoms with Gasteiger partial charge in [-0.1, -0.05) is 17.8 Å². The third kappa shape index (κ3) is 1.95. The molecule has 1 heterocycles. The summed E-state index contributed by atoms with van der Waals surface area (Å²) >= 11 is 1.28. The zero-order valence-electron chi connectivity index (χ0n) is 9.81. The summed E-state index contributed by atoms with van der Waals surface area (Å²) in [5.41, 5.74) is -0.279. The van der Waals surface area contributed by atoms with Gasteiger partial charge in [-0.3, -0.25) is 20.2 Å². The minimum absolute atomic E-state index is 0.119. The molecule has 0 fully saturated rings. The average Bonchev–Trinajstić information content (AvgIpc) is 2.43. The first-order chi connectivity index (χ1) is 9.56. The Morgan fingerprint density at radius 3 is 2.50 bits per heavy atom. The maximum Gasteiger partial charge on any atom is 0.312 e. The summed E-state index contributed by atoms with van der Waals surface area (Å²) in [7, 11) is 0. The Bertz CT molecular complexity index is 747. The van der Waals surface area contributed by atoms with Crippen LogP contribution in [0.15, 0.2) is 46.2 Å². The molecule has 1 aliphatic heterocycles. The Balaban J connectivity index is 2.10. The molecule has 0 atom stereocenters. The number of benzene rings is 2. The van der Waals surface area contributed by atoms with Crippen LogP contribution in [0.25, 0.3) is 0 Å². The van der Waals surface area contributed by atoms with E-state index in [0.29, 0.717) is 9.79 Å². The third-order valence-electron chi connectivity index (χ3n) is 2.72. The molecule has 0 saturated carbocycles. The third-order valence-corrected chi connectivity index (χ3v) is 3.82.